The van der Waals surface area contributed by atoms with E-state index in [0.29, 0.717) is 30.8 Å². The van der Waals surface area contributed by atoms with Gasteiger partial charge in [-0.15, -0.1) is 0 Å². The number of carbonyl (C=O) groups is 2. The van der Waals surface area contributed by atoms with E-state index in [2.05, 4.69) is 5.32 Å². The zero-order valence-electron chi connectivity index (χ0n) is 26.6. The molecule has 2 saturated carbocycles. The van der Waals surface area contributed by atoms with Gasteiger partial charge in [-0.1, -0.05) is 12.5 Å². The van der Waals surface area contributed by atoms with Gasteiger partial charge in [0.25, 0.3) is 0 Å². The molecular weight excluding hydrogens is 568 g/mol. The van der Waals surface area contributed by atoms with Crippen LogP contribution in [0.25, 0.3) is 0 Å². The first-order valence-electron chi connectivity index (χ1n) is 16.9. The number of esters is 1. The first-order chi connectivity index (χ1) is 21.0. The van der Waals surface area contributed by atoms with E-state index < -0.39 is 60.0 Å². The summed E-state index contributed by atoms with van der Waals surface area (Å²) in [4.78, 5) is 26.7. The number of ketones is 1. The first kappa shape index (κ1) is 33.9. The van der Waals surface area contributed by atoms with Crippen molar-refractivity contribution in [3.8, 4) is 0 Å². The SMILES string of the molecule is CC=C(C)C(=O)O[C@H]1CC2C(O)C3C(=O)CC(CO)OC3C(C3CCCC(O)C3)C2O[C@@]1(C)[C@H](CO)CC1CCC(N)[NH2+]C1. The van der Waals surface area contributed by atoms with Crippen molar-refractivity contribution in [1.29, 1.82) is 0 Å². The molecule has 0 radical (unpaired) electrons. The number of nitrogens with two attached hydrogens (primary N) is 2. The second kappa shape index (κ2) is 14.1. The zero-order chi connectivity index (χ0) is 31.8. The number of carbonyl (C=O) groups excluding carboxylic acids is 2. The Labute approximate surface area is 260 Å². The maximum atomic E-state index is 13.5. The molecule has 0 aromatic carbocycles. The van der Waals surface area contributed by atoms with Gasteiger partial charge in [0.05, 0.1) is 49.6 Å². The zero-order valence-corrected chi connectivity index (χ0v) is 26.6. The molecule has 5 rings (SSSR count). The van der Waals surface area contributed by atoms with Gasteiger partial charge in [0, 0.05) is 48.7 Å². The molecule has 11 unspecified atom stereocenters. The third kappa shape index (κ3) is 6.67. The molecule has 3 heterocycles. The summed E-state index contributed by atoms with van der Waals surface area (Å²) in [5.41, 5.74) is 5.49. The number of allylic oxidation sites excluding steroid dienone is 1. The van der Waals surface area contributed by atoms with Gasteiger partial charge >= 0.3 is 5.97 Å². The van der Waals surface area contributed by atoms with Crippen molar-refractivity contribution < 1.29 is 49.5 Å². The lowest BCUT2D eigenvalue weighted by Gasteiger charge is -2.60. The summed E-state index contributed by atoms with van der Waals surface area (Å²) in [7, 11) is 0. The van der Waals surface area contributed by atoms with Crippen LogP contribution in [0.4, 0.5) is 0 Å². The number of fused-ring (bicyclic) bond motifs is 2. The lowest BCUT2D eigenvalue weighted by atomic mass is 9.57. The highest BCUT2D eigenvalue weighted by Gasteiger charge is 2.64. The number of aliphatic hydroxyl groups excluding tert-OH is 4. The normalized spacial score (nSPS) is 45.6. The van der Waals surface area contributed by atoms with Gasteiger partial charge in [-0.25, -0.2) is 4.79 Å². The van der Waals surface area contributed by atoms with Gasteiger partial charge in [-0.3, -0.25) is 10.5 Å². The van der Waals surface area contributed by atoms with E-state index in [-0.39, 0.29) is 55.8 Å². The van der Waals surface area contributed by atoms with E-state index in [1.807, 2.05) is 6.92 Å². The molecule has 0 amide bonds. The van der Waals surface area contributed by atoms with Crippen molar-refractivity contribution in [3.05, 3.63) is 11.6 Å². The number of hydrogen-bond donors (Lipinski definition) is 6. The molecule has 44 heavy (non-hydrogen) atoms. The highest BCUT2D eigenvalue weighted by Crippen LogP contribution is 2.54. The Balaban J connectivity index is 1.53. The van der Waals surface area contributed by atoms with Crippen molar-refractivity contribution in [3.63, 3.8) is 0 Å². The second-order valence-electron chi connectivity index (χ2n) is 14.5. The number of quaternary nitrogens is 1. The largest absolute Gasteiger partial charge is 0.456 e. The molecule has 11 heteroatoms. The van der Waals surface area contributed by atoms with Crippen LogP contribution in [0, 0.1) is 35.5 Å². The lowest BCUT2D eigenvalue weighted by molar-refractivity contribution is -0.703. The summed E-state index contributed by atoms with van der Waals surface area (Å²) in [5, 5.41) is 45.5. The van der Waals surface area contributed by atoms with Crippen LogP contribution in [0.3, 0.4) is 0 Å². The number of Topliss-reactive ketones (excluding diaryl/α,β-unsaturated/α-hetero) is 1. The van der Waals surface area contributed by atoms with Gasteiger partial charge in [0.2, 0.25) is 0 Å². The number of aliphatic hydroxyl groups is 4. The third-order valence-corrected chi connectivity index (χ3v) is 11.8. The second-order valence-corrected chi connectivity index (χ2v) is 14.5. The van der Waals surface area contributed by atoms with Crippen LogP contribution in [0.5, 0.6) is 0 Å². The van der Waals surface area contributed by atoms with E-state index in [9.17, 15) is 30.0 Å². The Bertz CT molecular complexity index is 1050. The maximum absolute atomic E-state index is 13.5. The minimum absolute atomic E-state index is 0.0212. The molecule has 14 atom stereocenters. The van der Waals surface area contributed by atoms with E-state index in [1.54, 1.807) is 19.9 Å². The van der Waals surface area contributed by atoms with E-state index in [0.717, 1.165) is 32.2 Å². The maximum Gasteiger partial charge on any atom is 0.333 e. The van der Waals surface area contributed by atoms with Crippen LogP contribution in [-0.2, 0) is 23.8 Å². The van der Waals surface area contributed by atoms with E-state index >= 15 is 0 Å². The molecule has 8 N–H and O–H groups in total. The van der Waals surface area contributed by atoms with Crippen LogP contribution in [0.1, 0.15) is 78.6 Å². The van der Waals surface area contributed by atoms with Crippen LogP contribution in [0.2, 0.25) is 0 Å². The quantitative estimate of drug-likeness (QED) is 0.161. The summed E-state index contributed by atoms with van der Waals surface area (Å²) in [6.45, 7) is 5.75. The van der Waals surface area contributed by atoms with Crippen molar-refractivity contribution in [1.82, 2.24) is 0 Å². The Kier molecular flexibility index (Phi) is 10.9. The van der Waals surface area contributed by atoms with Crippen LogP contribution < -0.4 is 11.1 Å². The van der Waals surface area contributed by atoms with Crippen molar-refractivity contribution in [2.45, 2.75) is 127 Å². The molecule has 0 aromatic rings. The number of hydrogen-bond acceptors (Lipinski definition) is 10. The fraction of sp³-hybridized carbons (Fsp3) is 0.879. The van der Waals surface area contributed by atoms with Crippen LogP contribution in [-0.4, -0.2) is 100 Å². The van der Waals surface area contributed by atoms with Crippen molar-refractivity contribution in [2.24, 2.45) is 41.2 Å². The van der Waals surface area contributed by atoms with Gasteiger partial charge in [0.15, 0.2) is 0 Å². The molecular formula is C33H55N2O9+. The number of rotatable bonds is 8. The predicted octanol–water partition coefficient (Wildman–Crippen LogP) is 0.162. The van der Waals surface area contributed by atoms with Gasteiger partial charge in [-0.2, -0.15) is 0 Å². The average Bonchev–Trinajstić information content (AvgIpc) is 3.00. The van der Waals surface area contributed by atoms with Crippen LogP contribution in [0.15, 0.2) is 11.6 Å². The van der Waals surface area contributed by atoms with Gasteiger partial charge in [-0.05, 0) is 65.2 Å². The molecule has 11 nitrogen and oxygen atoms in total. The summed E-state index contributed by atoms with van der Waals surface area (Å²) in [6, 6.07) is 0. The first-order valence-corrected chi connectivity index (χ1v) is 16.9. The minimum Gasteiger partial charge on any atom is -0.456 e. The Morgan fingerprint density at radius 3 is 2.59 bits per heavy atom. The van der Waals surface area contributed by atoms with E-state index in [1.165, 1.54) is 0 Å². The molecule has 0 bridgehead atoms. The standard InChI is InChI=1S/C33H54N2O9/c1-4-17(2)32(41)43-25-13-23-29(40)28-24(39)12-22(16-37)42-31(28)27(19-6-5-7-21(38)11-19)30(23)44-33(25,3)20(15-36)10-18-8-9-26(34)35-14-18/h4,18-23,25-31,35-38,40H,5-16,34H2,1-3H3/p+1/t18?,19?,20-,21?,22?,23?,25-,26?,27?,28?,29?,30?,31?,33-/m0/s1. The highest BCUT2D eigenvalue weighted by atomic mass is 16.6. The topological polar surface area (TPSA) is 185 Å². The monoisotopic (exact) mass is 623 g/mol. The molecule has 5 fully saturated rings. The van der Waals surface area contributed by atoms with Gasteiger partial charge < -0.3 is 40.0 Å². The molecule has 3 saturated heterocycles. The van der Waals surface area contributed by atoms with E-state index in [4.69, 9.17) is 19.9 Å². The Morgan fingerprint density at radius 2 is 1.95 bits per heavy atom. The molecule has 250 valence electrons. The molecule has 3 aliphatic heterocycles. The summed E-state index contributed by atoms with van der Waals surface area (Å²) in [5.74, 6) is -2.34. The molecule has 0 aromatic heterocycles. The third-order valence-electron chi connectivity index (χ3n) is 11.8. The van der Waals surface area contributed by atoms with Crippen molar-refractivity contribution >= 4 is 11.8 Å². The molecule has 0 spiro atoms. The van der Waals surface area contributed by atoms with Gasteiger partial charge in [0.1, 0.15) is 23.7 Å². The lowest BCUT2D eigenvalue weighted by Crippen LogP contribution is -2.95. The van der Waals surface area contributed by atoms with Crippen molar-refractivity contribution in [2.75, 3.05) is 19.8 Å². The molecule has 2 aliphatic carbocycles. The fourth-order valence-electron chi connectivity index (χ4n) is 9.03. The number of piperidine rings is 1. The Hall–Kier alpha value is -1.44. The minimum atomic E-state index is -1.09. The highest BCUT2D eigenvalue weighted by molar-refractivity contribution is 5.87. The smallest absolute Gasteiger partial charge is 0.333 e. The summed E-state index contributed by atoms with van der Waals surface area (Å²) in [6.07, 6.45) is 3.22. The average molecular weight is 624 g/mol. The fourth-order valence-corrected chi connectivity index (χ4v) is 9.03. The predicted molar refractivity (Wildman–Crippen MR) is 160 cm³/mol. The Morgan fingerprint density at radius 1 is 1.18 bits per heavy atom. The number of ether oxygens (including phenoxy) is 3. The van der Waals surface area contributed by atoms with Crippen LogP contribution >= 0.6 is 0 Å². The molecule has 5 aliphatic rings. The summed E-state index contributed by atoms with van der Waals surface area (Å²) < 4.78 is 19.7. The summed E-state index contributed by atoms with van der Waals surface area (Å²) >= 11 is 0.